The van der Waals surface area contributed by atoms with Crippen LogP contribution in [0.1, 0.15) is 27.0 Å². The molecule has 18 heavy (non-hydrogen) atoms. The zero-order valence-corrected chi connectivity index (χ0v) is 11.7. The van der Waals surface area contributed by atoms with Crippen molar-refractivity contribution in [2.75, 3.05) is 0 Å². The minimum Gasteiger partial charge on any atom is -0.289 e. The summed E-state index contributed by atoms with van der Waals surface area (Å²) in [5.74, 6) is -0.584. The van der Waals surface area contributed by atoms with E-state index >= 15 is 0 Å². The molecule has 2 aromatic rings. The monoisotopic (exact) mass is 306 g/mol. The van der Waals surface area contributed by atoms with Crippen molar-refractivity contribution in [2.24, 2.45) is 0 Å². The number of hydrogen-bond donors (Lipinski definition) is 0. The molecule has 2 rings (SSSR count). The van der Waals surface area contributed by atoms with Crippen molar-refractivity contribution in [2.45, 2.75) is 13.8 Å². The first-order chi connectivity index (χ1) is 8.45. The first kappa shape index (κ1) is 13.0. The third-order valence-electron chi connectivity index (χ3n) is 2.61. The Bertz CT molecular complexity index is 526. The first-order valence-electron chi connectivity index (χ1n) is 5.55. The molecule has 0 fully saturated rings. The van der Waals surface area contributed by atoms with E-state index in [-0.39, 0.29) is 5.78 Å². The third kappa shape index (κ3) is 2.85. The van der Waals surface area contributed by atoms with Gasteiger partial charge in [-0.25, -0.2) is 4.39 Å². The molecule has 0 heterocycles. The standard InChI is InChI=1S/C15H12BrFO/c1-9-3-10(2)5-11(4-9)15(18)12-6-13(16)8-14(17)7-12/h3-8H,1-2H3. The number of benzene rings is 2. The average Bonchev–Trinajstić information content (AvgIpc) is 2.25. The van der Waals surface area contributed by atoms with Gasteiger partial charge in [0, 0.05) is 15.6 Å². The Hall–Kier alpha value is -1.48. The molecule has 0 aliphatic heterocycles. The van der Waals surface area contributed by atoms with Gasteiger partial charge in [0.05, 0.1) is 0 Å². The molecule has 1 nitrogen and oxygen atoms in total. The molecular formula is C15H12BrFO. The molecule has 3 heteroatoms. The molecular weight excluding hydrogens is 295 g/mol. The summed E-state index contributed by atoms with van der Waals surface area (Å²) in [6.45, 7) is 3.87. The van der Waals surface area contributed by atoms with Crippen LogP contribution >= 0.6 is 15.9 Å². The normalized spacial score (nSPS) is 10.4. The van der Waals surface area contributed by atoms with Crippen LogP contribution in [0.4, 0.5) is 4.39 Å². The van der Waals surface area contributed by atoms with Crippen LogP contribution in [0.15, 0.2) is 40.9 Å². The number of aryl methyl sites for hydroxylation is 2. The Kier molecular flexibility index (Phi) is 3.62. The maximum absolute atomic E-state index is 13.3. The zero-order chi connectivity index (χ0) is 13.3. The van der Waals surface area contributed by atoms with Crippen molar-refractivity contribution in [3.05, 3.63) is 68.9 Å². The quantitative estimate of drug-likeness (QED) is 0.750. The Morgan fingerprint density at radius 2 is 1.50 bits per heavy atom. The molecule has 0 aromatic heterocycles. The fourth-order valence-corrected chi connectivity index (χ4v) is 2.42. The van der Waals surface area contributed by atoms with E-state index in [2.05, 4.69) is 15.9 Å². The summed E-state index contributed by atoms with van der Waals surface area (Å²) in [4.78, 5) is 12.3. The first-order valence-corrected chi connectivity index (χ1v) is 6.34. The lowest BCUT2D eigenvalue weighted by Crippen LogP contribution is -2.03. The Morgan fingerprint density at radius 1 is 0.944 bits per heavy atom. The second-order valence-electron chi connectivity index (χ2n) is 4.36. The van der Waals surface area contributed by atoms with E-state index in [9.17, 15) is 9.18 Å². The second kappa shape index (κ2) is 5.02. The Balaban J connectivity index is 2.47. The molecule has 0 amide bonds. The predicted molar refractivity (Wildman–Crippen MR) is 73.4 cm³/mol. The van der Waals surface area contributed by atoms with E-state index in [0.717, 1.165) is 11.1 Å². The average molecular weight is 307 g/mol. The van der Waals surface area contributed by atoms with Gasteiger partial charge in [0.1, 0.15) is 5.82 Å². The van der Waals surface area contributed by atoms with Crippen molar-refractivity contribution < 1.29 is 9.18 Å². The number of carbonyl (C=O) groups excluding carboxylic acids is 1. The Morgan fingerprint density at radius 3 is 2.06 bits per heavy atom. The van der Waals surface area contributed by atoms with Crippen LogP contribution in [0.5, 0.6) is 0 Å². The molecule has 2 aromatic carbocycles. The lowest BCUT2D eigenvalue weighted by atomic mass is 9.99. The van der Waals surface area contributed by atoms with Crippen molar-refractivity contribution in [3.8, 4) is 0 Å². The molecule has 0 unspecified atom stereocenters. The van der Waals surface area contributed by atoms with Gasteiger partial charge in [0.15, 0.2) is 5.78 Å². The molecule has 92 valence electrons. The third-order valence-corrected chi connectivity index (χ3v) is 3.07. The van der Waals surface area contributed by atoms with Crippen molar-refractivity contribution in [1.82, 2.24) is 0 Å². The molecule has 0 radical (unpaired) electrons. The zero-order valence-electron chi connectivity index (χ0n) is 10.1. The number of hydrogen-bond acceptors (Lipinski definition) is 1. The van der Waals surface area contributed by atoms with Crippen LogP contribution in [-0.2, 0) is 0 Å². The highest BCUT2D eigenvalue weighted by atomic mass is 79.9. The minimum absolute atomic E-state index is 0.165. The van der Waals surface area contributed by atoms with Gasteiger partial charge in [-0.15, -0.1) is 0 Å². The summed E-state index contributed by atoms with van der Waals surface area (Å²) in [5.41, 5.74) is 2.99. The van der Waals surface area contributed by atoms with Crippen LogP contribution in [0.2, 0.25) is 0 Å². The fourth-order valence-electron chi connectivity index (χ4n) is 1.96. The number of halogens is 2. The molecule has 0 aliphatic rings. The van der Waals surface area contributed by atoms with Gasteiger partial charge < -0.3 is 0 Å². The maximum atomic E-state index is 13.3. The van der Waals surface area contributed by atoms with Gasteiger partial charge in [0.2, 0.25) is 0 Å². The SMILES string of the molecule is Cc1cc(C)cc(C(=O)c2cc(F)cc(Br)c2)c1. The number of carbonyl (C=O) groups is 1. The van der Waals surface area contributed by atoms with E-state index < -0.39 is 5.82 Å². The molecule has 0 saturated heterocycles. The number of ketones is 1. The van der Waals surface area contributed by atoms with Crippen molar-refractivity contribution in [3.63, 3.8) is 0 Å². The van der Waals surface area contributed by atoms with E-state index in [4.69, 9.17) is 0 Å². The predicted octanol–water partition coefficient (Wildman–Crippen LogP) is 4.44. The highest BCUT2D eigenvalue weighted by Gasteiger charge is 2.11. The Labute approximate surface area is 114 Å². The lowest BCUT2D eigenvalue weighted by Gasteiger charge is -2.05. The summed E-state index contributed by atoms with van der Waals surface area (Å²) >= 11 is 3.19. The molecule has 0 spiro atoms. The lowest BCUT2D eigenvalue weighted by molar-refractivity contribution is 0.103. The van der Waals surface area contributed by atoms with Gasteiger partial charge in [-0.1, -0.05) is 33.1 Å². The van der Waals surface area contributed by atoms with Crippen LogP contribution < -0.4 is 0 Å². The van der Waals surface area contributed by atoms with E-state index in [0.29, 0.717) is 15.6 Å². The molecule has 0 N–H and O–H groups in total. The smallest absolute Gasteiger partial charge is 0.193 e. The molecule has 0 saturated carbocycles. The summed E-state index contributed by atoms with van der Waals surface area (Å²) in [6.07, 6.45) is 0. The van der Waals surface area contributed by atoms with E-state index in [1.807, 2.05) is 32.0 Å². The van der Waals surface area contributed by atoms with Crippen LogP contribution in [0.3, 0.4) is 0 Å². The van der Waals surface area contributed by atoms with Crippen LogP contribution in [-0.4, -0.2) is 5.78 Å². The highest BCUT2D eigenvalue weighted by molar-refractivity contribution is 9.10. The summed E-state index contributed by atoms with van der Waals surface area (Å²) in [6, 6.07) is 9.84. The minimum atomic E-state index is -0.419. The largest absolute Gasteiger partial charge is 0.289 e. The molecule has 0 atom stereocenters. The van der Waals surface area contributed by atoms with Crippen molar-refractivity contribution >= 4 is 21.7 Å². The van der Waals surface area contributed by atoms with Crippen LogP contribution in [0, 0.1) is 19.7 Å². The van der Waals surface area contributed by atoms with Gasteiger partial charge in [-0.2, -0.15) is 0 Å². The summed E-state index contributed by atoms with van der Waals surface area (Å²) in [7, 11) is 0. The van der Waals surface area contributed by atoms with Gasteiger partial charge >= 0.3 is 0 Å². The highest BCUT2D eigenvalue weighted by Crippen LogP contribution is 2.19. The van der Waals surface area contributed by atoms with Gasteiger partial charge in [-0.05, 0) is 44.2 Å². The van der Waals surface area contributed by atoms with Crippen LogP contribution in [0.25, 0.3) is 0 Å². The summed E-state index contributed by atoms with van der Waals surface area (Å²) < 4.78 is 13.8. The molecule has 0 aliphatic carbocycles. The maximum Gasteiger partial charge on any atom is 0.193 e. The van der Waals surface area contributed by atoms with Gasteiger partial charge in [-0.3, -0.25) is 4.79 Å². The van der Waals surface area contributed by atoms with Gasteiger partial charge in [0.25, 0.3) is 0 Å². The topological polar surface area (TPSA) is 17.1 Å². The number of rotatable bonds is 2. The molecule has 0 bridgehead atoms. The second-order valence-corrected chi connectivity index (χ2v) is 5.28. The van der Waals surface area contributed by atoms with E-state index in [1.54, 1.807) is 6.07 Å². The van der Waals surface area contributed by atoms with Crippen molar-refractivity contribution in [1.29, 1.82) is 0 Å². The van der Waals surface area contributed by atoms with E-state index in [1.165, 1.54) is 12.1 Å². The fraction of sp³-hybridized carbons (Fsp3) is 0.133. The summed E-state index contributed by atoms with van der Waals surface area (Å²) in [5, 5.41) is 0.